The van der Waals surface area contributed by atoms with Crippen molar-refractivity contribution in [3.8, 4) is 17.0 Å². The Bertz CT molecular complexity index is 526. The number of nitro groups is 1. The SMILES string of the molecule is O=[N+]([O-])c1c(-c2ccccc2)ccnc1O. The molecule has 0 fully saturated rings. The maximum absolute atomic E-state index is 10.8. The highest BCUT2D eigenvalue weighted by molar-refractivity contribution is 5.75. The average Bonchev–Trinajstić information content (AvgIpc) is 2.29. The third-order valence-electron chi connectivity index (χ3n) is 2.17. The second-order valence-corrected chi connectivity index (χ2v) is 3.15. The van der Waals surface area contributed by atoms with Gasteiger partial charge in [-0.15, -0.1) is 0 Å². The second-order valence-electron chi connectivity index (χ2n) is 3.15. The van der Waals surface area contributed by atoms with Crippen molar-refractivity contribution in [3.05, 3.63) is 52.7 Å². The van der Waals surface area contributed by atoms with Crippen molar-refractivity contribution in [1.29, 1.82) is 0 Å². The van der Waals surface area contributed by atoms with Gasteiger partial charge in [0.1, 0.15) is 0 Å². The summed E-state index contributed by atoms with van der Waals surface area (Å²) >= 11 is 0. The lowest BCUT2D eigenvalue weighted by atomic mass is 10.1. The highest BCUT2D eigenvalue weighted by Crippen LogP contribution is 2.34. The fourth-order valence-electron chi connectivity index (χ4n) is 1.47. The maximum atomic E-state index is 10.8. The number of pyridine rings is 1. The molecule has 5 heteroatoms. The van der Waals surface area contributed by atoms with Crippen LogP contribution < -0.4 is 0 Å². The normalized spacial score (nSPS) is 10.0. The van der Waals surface area contributed by atoms with Crippen LogP contribution in [0.4, 0.5) is 5.69 Å². The molecule has 80 valence electrons. The Kier molecular flexibility index (Phi) is 2.51. The summed E-state index contributed by atoms with van der Waals surface area (Å²) in [6.07, 6.45) is 1.34. The van der Waals surface area contributed by atoms with Crippen molar-refractivity contribution in [2.45, 2.75) is 0 Å². The van der Waals surface area contributed by atoms with Crippen LogP contribution in [0.15, 0.2) is 42.6 Å². The van der Waals surface area contributed by atoms with Crippen LogP contribution in [0.3, 0.4) is 0 Å². The van der Waals surface area contributed by atoms with E-state index in [0.717, 1.165) is 0 Å². The van der Waals surface area contributed by atoms with E-state index in [-0.39, 0.29) is 5.69 Å². The standard InChI is InChI=1S/C11H8N2O3/c14-11-10(13(15)16)9(6-7-12-11)8-4-2-1-3-5-8/h1-7H,(H,12,14). The van der Waals surface area contributed by atoms with Gasteiger partial charge in [0.05, 0.1) is 10.5 Å². The number of benzene rings is 1. The van der Waals surface area contributed by atoms with Gasteiger partial charge in [0.15, 0.2) is 0 Å². The quantitative estimate of drug-likeness (QED) is 0.617. The molecule has 0 saturated carbocycles. The lowest BCUT2D eigenvalue weighted by Gasteiger charge is -2.03. The Balaban J connectivity index is 2.66. The van der Waals surface area contributed by atoms with Gasteiger partial charge >= 0.3 is 5.69 Å². The van der Waals surface area contributed by atoms with Crippen LogP contribution in [0.2, 0.25) is 0 Å². The van der Waals surface area contributed by atoms with Crippen molar-refractivity contribution < 1.29 is 10.0 Å². The third-order valence-corrected chi connectivity index (χ3v) is 2.17. The molecule has 5 nitrogen and oxygen atoms in total. The van der Waals surface area contributed by atoms with Gasteiger partial charge in [-0.05, 0) is 11.6 Å². The Labute approximate surface area is 91.2 Å². The highest BCUT2D eigenvalue weighted by Gasteiger charge is 2.21. The molecule has 2 aromatic rings. The van der Waals surface area contributed by atoms with E-state index in [1.54, 1.807) is 24.3 Å². The van der Waals surface area contributed by atoms with Crippen molar-refractivity contribution in [2.75, 3.05) is 0 Å². The molecule has 0 saturated heterocycles. The molecule has 0 aliphatic rings. The first-order valence-electron chi connectivity index (χ1n) is 4.58. The smallest absolute Gasteiger partial charge is 0.338 e. The van der Waals surface area contributed by atoms with Gasteiger partial charge in [0, 0.05) is 6.20 Å². The minimum Gasteiger partial charge on any atom is -0.488 e. The van der Waals surface area contributed by atoms with Gasteiger partial charge < -0.3 is 5.11 Å². The highest BCUT2D eigenvalue weighted by atomic mass is 16.6. The summed E-state index contributed by atoms with van der Waals surface area (Å²) in [7, 11) is 0. The number of nitrogens with zero attached hydrogens (tertiary/aromatic N) is 2. The molecule has 2 rings (SSSR count). The molecule has 0 radical (unpaired) electrons. The third kappa shape index (κ3) is 1.70. The molecule has 0 bridgehead atoms. The first kappa shape index (κ1) is 10.1. The van der Waals surface area contributed by atoms with Gasteiger partial charge in [0.2, 0.25) is 0 Å². The van der Waals surface area contributed by atoms with Crippen LogP contribution in [0.25, 0.3) is 11.1 Å². The van der Waals surface area contributed by atoms with E-state index < -0.39 is 10.8 Å². The van der Waals surface area contributed by atoms with Crippen LogP contribution in [-0.2, 0) is 0 Å². The van der Waals surface area contributed by atoms with Gasteiger partial charge in [-0.1, -0.05) is 30.3 Å². The molecular formula is C11H8N2O3. The predicted octanol–water partition coefficient (Wildman–Crippen LogP) is 2.36. The summed E-state index contributed by atoms with van der Waals surface area (Å²) in [6.45, 7) is 0. The zero-order valence-corrected chi connectivity index (χ0v) is 8.20. The number of rotatable bonds is 2. The summed E-state index contributed by atoms with van der Waals surface area (Å²) < 4.78 is 0. The van der Waals surface area contributed by atoms with Gasteiger partial charge in [0.25, 0.3) is 5.88 Å². The Morgan fingerprint density at radius 3 is 2.50 bits per heavy atom. The van der Waals surface area contributed by atoms with Crippen molar-refractivity contribution in [1.82, 2.24) is 4.98 Å². The topological polar surface area (TPSA) is 76.3 Å². The van der Waals surface area contributed by atoms with E-state index in [9.17, 15) is 15.2 Å². The number of hydrogen-bond donors (Lipinski definition) is 1. The van der Waals surface area contributed by atoms with Crippen LogP contribution in [0.5, 0.6) is 5.88 Å². The molecule has 1 aromatic carbocycles. The fourth-order valence-corrected chi connectivity index (χ4v) is 1.47. The van der Waals surface area contributed by atoms with E-state index in [0.29, 0.717) is 11.1 Å². The van der Waals surface area contributed by atoms with Crippen LogP contribution in [0.1, 0.15) is 0 Å². The largest absolute Gasteiger partial charge is 0.488 e. The minimum absolute atomic E-state index is 0.359. The summed E-state index contributed by atoms with van der Waals surface area (Å²) in [5, 5.41) is 20.2. The molecular weight excluding hydrogens is 208 g/mol. The molecule has 0 amide bonds. The first-order valence-corrected chi connectivity index (χ1v) is 4.58. The monoisotopic (exact) mass is 216 g/mol. The Morgan fingerprint density at radius 2 is 1.88 bits per heavy atom. The van der Waals surface area contributed by atoms with Crippen molar-refractivity contribution >= 4 is 5.69 Å². The summed E-state index contributed by atoms with van der Waals surface area (Å²) in [5.74, 6) is -0.564. The zero-order valence-electron chi connectivity index (χ0n) is 8.20. The summed E-state index contributed by atoms with van der Waals surface area (Å²) in [4.78, 5) is 13.7. The molecule has 1 N–H and O–H groups in total. The molecule has 1 heterocycles. The predicted molar refractivity (Wildman–Crippen MR) is 58.0 cm³/mol. The molecule has 0 atom stereocenters. The van der Waals surface area contributed by atoms with E-state index in [1.165, 1.54) is 12.3 Å². The van der Waals surface area contributed by atoms with E-state index in [4.69, 9.17) is 0 Å². The molecule has 0 aliphatic heterocycles. The van der Waals surface area contributed by atoms with Crippen molar-refractivity contribution in [2.24, 2.45) is 0 Å². The minimum atomic E-state index is -0.634. The molecule has 0 spiro atoms. The van der Waals surface area contributed by atoms with Gasteiger partial charge in [-0.25, -0.2) is 4.98 Å². The molecule has 0 unspecified atom stereocenters. The lowest BCUT2D eigenvalue weighted by Crippen LogP contribution is -1.94. The number of aromatic nitrogens is 1. The zero-order chi connectivity index (χ0) is 11.5. The maximum Gasteiger partial charge on any atom is 0.338 e. The Morgan fingerprint density at radius 1 is 1.19 bits per heavy atom. The van der Waals surface area contributed by atoms with Crippen molar-refractivity contribution in [3.63, 3.8) is 0 Å². The molecule has 16 heavy (non-hydrogen) atoms. The van der Waals surface area contributed by atoms with E-state index in [1.807, 2.05) is 6.07 Å². The Hall–Kier alpha value is -2.43. The first-order chi connectivity index (χ1) is 7.70. The van der Waals surface area contributed by atoms with Crippen LogP contribution in [-0.4, -0.2) is 15.0 Å². The molecule has 1 aromatic heterocycles. The van der Waals surface area contributed by atoms with E-state index in [2.05, 4.69) is 4.98 Å². The number of hydrogen-bond acceptors (Lipinski definition) is 4. The van der Waals surface area contributed by atoms with Crippen LogP contribution in [0, 0.1) is 10.1 Å². The summed E-state index contributed by atoms with van der Waals surface area (Å²) in [6, 6.07) is 10.3. The number of aromatic hydroxyl groups is 1. The van der Waals surface area contributed by atoms with Crippen LogP contribution >= 0.6 is 0 Å². The lowest BCUT2D eigenvalue weighted by molar-refractivity contribution is -0.385. The average molecular weight is 216 g/mol. The fraction of sp³-hybridized carbons (Fsp3) is 0. The summed E-state index contributed by atoms with van der Waals surface area (Å²) in [5.41, 5.74) is 0.665. The van der Waals surface area contributed by atoms with Gasteiger partial charge in [-0.2, -0.15) is 0 Å². The second kappa shape index (κ2) is 3.98. The van der Waals surface area contributed by atoms with E-state index >= 15 is 0 Å². The van der Waals surface area contributed by atoms with Gasteiger partial charge in [-0.3, -0.25) is 10.1 Å². The molecule has 0 aliphatic carbocycles.